The molecule has 4 rings (SSSR count). The van der Waals surface area contributed by atoms with Gasteiger partial charge >= 0.3 is 0 Å². The van der Waals surface area contributed by atoms with E-state index in [9.17, 15) is 0 Å². The Morgan fingerprint density at radius 1 is 1.00 bits per heavy atom. The third-order valence-corrected chi connectivity index (χ3v) is 3.03. The van der Waals surface area contributed by atoms with Gasteiger partial charge in [0.15, 0.2) is 0 Å². The maximum atomic E-state index is 8.89. The molecule has 0 aromatic carbocycles. The molecule has 4 bridgehead atoms. The second-order valence-electron chi connectivity index (χ2n) is 4.08. The van der Waals surface area contributed by atoms with Gasteiger partial charge in [0.25, 0.3) is 5.97 Å². The summed E-state index contributed by atoms with van der Waals surface area (Å²) in [5, 5.41) is 8.89. The minimum Gasteiger partial charge on any atom is -0.396 e. The van der Waals surface area contributed by atoms with E-state index >= 15 is 0 Å². The highest BCUT2D eigenvalue weighted by Crippen LogP contribution is 2.45. The van der Waals surface area contributed by atoms with E-state index in [4.69, 9.17) is 19.3 Å². The topological polar surface area (TPSA) is 47.9 Å². The molecule has 1 N–H and O–H groups in total. The van der Waals surface area contributed by atoms with E-state index in [0.717, 1.165) is 19.3 Å². The molecule has 3 saturated heterocycles. The van der Waals surface area contributed by atoms with Gasteiger partial charge in [-0.3, -0.25) is 0 Å². The van der Waals surface area contributed by atoms with Crippen molar-refractivity contribution in [3.63, 3.8) is 0 Å². The van der Waals surface area contributed by atoms with Crippen molar-refractivity contribution in [2.24, 2.45) is 0 Å². The van der Waals surface area contributed by atoms with Gasteiger partial charge in [0, 0.05) is 19.3 Å². The van der Waals surface area contributed by atoms with Crippen LogP contribution in [0.25, 0.3) is 0 Å². The van der Waals surface area contributed by atoms with Gasteiger partial charge in [-0.05, 0) is 0 Å². The molecule has 0 unspecified atom stereocenters. The molecular formula is C9H14O4. The van der Waals surface area contributed by atoms with Crippen molar-refractivity contribution in [2.75, 3.05) is 6.61 Å². The van der Waals surface area contributed by atoms with Gasteiger partial charge in [-0.25, -0.2) is 0 Å². The third-order valence-electron chi connectivity index (χ3n) is 3.03. The Balaban J connectivity index is 1.83. The number of hydrogen-bond acceptors (Lipinski definition) is 4. The molecule has 1 saturated carbocycles. The fraction of sp³-hybridized carbons (Fsp3) is 1.00. The van der Waals surface area contributed by atoms with E-state index in [-0.39, 0.29) is 24.9 Å². The normalized spacial score (nSPS) is 52.8. The molecule has 0 spiro atoms. The van der Waals surface area contributed by atoms with E-state index in [0.29, 0.717) is 6.42 Å². The molecule has 3 heterocycles. The molecule has 0 aromatic heterocycles. The summed E-state index contributed by atoms with van der Waals surface area (Å²) in [7, 11) is 0. The van der Waals surface area contributed by atoms with Crippen LogP contribution in [0, 0.1) is 0 Å². The molecular weight excluding hydrogens is 172 g/mol. The number of aliphatic hydroxyl groups excluding tert-OH is 1. The Hall–Kier alpha value is -0.160. The lowest BCUT2D eigenvalue weighted by Crippen LogP contribution is -2.62. The Morgan fingerprint density at radius 2 is 1.46 bits per heavy atom. The molecule has 0 atom stereocenters. The fourth-order valence-corrected chi connectivity index (χ4v) is 2.62. The molecule has 4 nitrogen and oxygen atoms in total. The summed E-state index contributed by atoms with van der Waals surface area (Å²) >= 11 is 0. The summed E-state index contributed by atoms with van der Waals surface area (Å²) < 4.78 is 16.9. The van der Waals surface area contributed by atoms with Crippen LogP contribution in [0.15, 0.2) is 0 Å². The second-order valence-corrected chi connectivity index (χ2v) is 4.08. The molecule has 0 amide bonds. The Bertz CT molecular complexity index is 180. The first-order chi connectivity index (χ1) is 6.30. The predicted octanol–water partition coefficient (Wildman–Crippen LogP) is 0.389. The van der Waals surface area contributed by atoms with Crippen molar-refractivity contribution in [1.82, 2.24) is 0 Å². The van der Waals surface area contributed by atoms with E-state index in [1.165, 1.54) is 0 Å². The predicted molar refractivity (Wildman–Crippen MR) is 42.9 cm³/mol. The highest BCUT2D eigenvalue weighted by Gasteiger charge is 2.54. The van der Waals surface area contributed by atoms with Gasteiger partial charge in [-0.1, -0.05) is 0 Å². The zero-order valence-electron chi connectivity index (χ0n) is 7.44. The number of hydrogen-bond donors (Lipinski definition) is 1. The number of ether oxygens (including phenoxy) is 3. The monoisotopic (exact) mass is 186 g/mol. The summed E-state index contributed by atoms with van der Waals surface area (Å²) in [6.45, 7) is 0.0478. The zero-order valence-corrected chi connectivity index (χ0v) is 7.44. The molecule has 0 radical (unpaired) electrons. The van der Waals surface area contributed by atoms with Crippen LogP contribution in [0.1, 0.15) is 25.7 Å². The van der Waals surface area contributed by atoms with Crippen LogP contribution in [0.2, 0.25) is 0 Å². The smallest absolute Gasteiger partial charge is 0.285 e. The summed E-state index contributed by atoms with van der Waals surface area (Å²) in [6.07, 6.45) is 4.28. The highest BCUT2D eigenvalue weighted by molar-refractivity contribution is 4.91. The van der Waals surface area contributed by atoms with Crippen LogP contribution in [0.5, 0.6) is 0 Å². The summed E-state index contributed by atoms with van der Waals surface area (Å²) in [5.74, 6) is -0.899. The van der Waals surface area contributed by atoms with Crippen LogP contribution in [-0.4, -0.2) is 36.0 Å². The second kappa shape index (κ2) is 2.67. The maximum Gasteiger partial charge on any atom is 0.285 e. The largest absolute Gasteiger partial charge is 0.396 e. The van der Waals surface area contributed by atoms with Crippen LogP contribution in [0.4, 0.5) is 0 Å². The van der Waals surface area contributed by atoms with Gasteiger partial charge in [-0.15, -0.1) is 0 Å². The first-order valence-electron chi connectivity index (χ1n) is 4.94. The zero-order chi connectivity index (χ0) is 8.89. The maximum absolute atomic E-state index is 8.89. The first kappa shape index (κ1) is 8.17. The van der Waals surface area contributed by atoms with E-state index in [1.54, 1.807) is 0 Å². The van der Waals surface area contributed by atoms with Gasteiger partial charge in [0.05, 0.1) is 31.3 Å². The van der Waals surface area contributed by atoms with Crippen LogP contribution >= 0.6 is 0 Å². The highest BCUT2D eigenvalue weighted by atomic mass is 16.9. The van der Waals surface area contributed by atoms with Crippen LogP contribution < -0.4 is 0 Å². The van der Waals surface area contributed by atoms with E-state index in [2.05, 4.69) is 0 Å². The molecule has 74 valence electrons. The van der Waals surface area contributed by atoms with Crippen molar-refractivity contribution in [2.45, 2.75) is 50.0 Å². The van der Waals surface area contributed by atoms with E-state index in [1.807, 2.05) is 0 Å². The molecule has 4 aliphatic rings. The van der Waals surface area contributed by atoms with Crippen LogP contribution in [0.3, 0.4) is 0 Å². The standard InChI is InChI=1S/C9H14O4/c10-2-1-9-11-6-3-7(12-9)5-8(4-6)13-9/h6-8,10H,1-5H2. The summed E-state index contributed by atoms with van der Waals surface area (Å²) in [4.78, 5) is 0. The van der Waals surface area contributed by atoms with Crippen molar-refractivity contribution in [3.05, 3.63) is 0 Å². The molecule has 1 aliphatic carbocycles. The number of rotatable bonds is 2. The molecule has 4 fully saturated rings. The quantitative estimate of drug-likeness (QED) is 0.677. The minimum atomic E-state index is -0.899. The van der Waals surface area contributed by atoms with Crippen molar-refractivity contribution < 1.29 is 19.3 Å². The van der Waals surface area contributed by atoms with Gasteiger partial charge in [0.2, 0.25) is 0 Å². The molecule has 3 aliphatic heterocycles. The Morgan fingerprint density at radius 3 is 1.85 bits per heavy atom. The van der Waals surface area contributed by atoms with Crippen molar-refractivity contribution >= 4 is 0 Å². The third kappa shape index (κ3) is 1.21. The van der Waals surface area contributed by atoms with Crippen molar-refractivity contribution in [3.8, 4) is 0 Å². The Labute approximate surface area is 76.8 Å². The lowest BCUT2D eigenvalue weighted by molar-refractivity contribution is -0.496. The average molecular weight is 186 g/mol. The number of aliphatic hydroxyl groups is 1. The lowest BCUT2D eigenvalue weighted by atomic mass is 9.89. The van der Waals surface area contributed by atoms with Crippen LogP contribution in [-0.2, 0) is 14.2 Å². The van der Waals surface area contributed by atoms with Gasteiger partial charge in [0.1, 0.15) is 0 Å². The van der Waals surface area contributed by atoms with E-state index < -0.39 is 5.97 Å². The van der Waals surface area contributed by atoms with Gasteiger partial charge < -0.3 is 19.3 Å². The molecule has 0 aromatic rings. The van der Waals surface area contributed by atoms with Gasteiger partial charge in [-0.2, -0.15) is 0 Å². The SMILES string of the molecule is OCCC12OC3CC(CC(C3)O1)O2. The summed E-state index contributed by atoms with van der Waals surface area (Å²) in [5.41, 5.74) is 0. The lowest BCUT2D eigenvalue weighted by Gasteiger charge is -2.55. The van der Waals surface area contributed by atoms with Crippen molar-refractivity contribution in [1.29, 1.82) is 0 Å². The average Bonchev–Trinajstić information content (AvgIpc) is 2.00. The first-order valence-corrected chi connectivity index (χ1v) is 4.94. The molecule has 4 heteroatoms. The summed E-state index contributed by atoms with van der Waals surface area (Å²) in [6, 6.07) is 0. The molecule has 13 heavy (non-hydrogen) atoms. The Kier molecular flexibility index (Phi) is 1.68. The fourth-order valence-electron chi connectivity index (χ4n) is 2.62. The minimum absolute atomic E-state index is 0.0478.